The second-order valence-electron chi connectivity index (χ2n) is 1.13. The van der Waals surface area contributed by atoms with Crippen LogP contribution in [-0.4, -0.2) is 13.1 Å². The molecule has 1 rings (SSSR count). The molecule has 7 heavy (non-hydrogen) atoms. The van der Waals surface area contributed by atoms with E-state index in [9.17, 15) is 0 Å². The Labute approximate surface area is 42.1 Å². The summed E-state index contributed by atoms with van der Waals surface area (Å²) in [5, 5.41) is 6.35. The number of hydrogen-bond donors (Lipinski definition) is 1. The van der Waals surface area contributed by atoms with Crippen molar-refractivity contribution in [1.29, 1.82) is 0 Å². The lowest BCUT2D eigenvalue weighted by molar-refractivity contribution is 0.423. The van der Waals surface area contributed by atoms with Crippen molar-refractivity contribution in [2.45, 2.75) is 0 Å². The number of hydrogen-bond acceptors (Lipinski definition) is 3. The van der Waals surface area contributed by atoms with Gasteiger partial charge >= 0.3 is 0 Å². The average molecular weight is 95.9 g/mol. The summed E-state index contributed by atoms with van der Waals surface area (Å²) in [7, 11) is 1.79. The third-order valence-corrected chi connectivity index (χ3v) is 0.694. The number of rotatable bonds is 1. The number of nitrogens with one attached hydrogen (secondary N) is 1. The van der Waals surface area contributed by atoms with Crippen LogP contribution in [0.3, 0.4) is 0 Å². The number of anilines is 1. The normalized spacial score (nSPS) is 8.57. The molecule has 1 aromatic heterocycles. The summed E-state index contributed by atoms with van der Waals surface area (Å²) in [6, 6.07) is 1.75. The van der Waals surface area contributed by atoms with Gasteiger partial charge in [0.25, 0.3) is 0 Å². The van der Waals surface area contributed by atoms with E-state index in [2.05, 4.69) is 14.9 Å². The lowest BCUT2D eigenvalue weighted by atomic mass is 10.4. The standard InChI is InChI=1S/C3H5BN2O/c4-5-3-1-2-7-6-3/h1-2H,4H2,(H,5,6). The van der Waals surface area contributed by atoms with Crippen molar-refractivity contribution >= 4 is 13.8 Å². The van der Waals surface area contributed by atoms with Crippen LogP contribution in [0.5, 0.6) is 0 Å². The first kappa shape index (κ1) is 4.24. The topological polar surface area (TPSA) is 38.1 Å². The predicted molar refractivity (Wildman–Crippen MR) is 28.7 cm³/mol. The SMILES string of the molecule is BNc1ccon1. The maximum Gasteiger partial charge on any atom is 0.216 e. The fourth-order valence-electron chi connectivity index (χ4n) is 0.341. The number of aromatic nitrogens is 1. The van der Waals surface area contributed by atoms with Crippen LogP contribution >= 0.6 is 0 Å². The molecule has 0 spiro atoms. The lowest BCUT2D eigenvalue weighted by Gasteiger charge is -1.82. The first-order chi connectivity index (χ1) is 3.43. The zero-order valence-corrected chi connectivity index (χ0v) is 4.01. The Hall–Kier alpha value is -0.925. The molecule has 1 heterocycles. The highest BCUT2D eigenvalue weighted by Crippen LogP contribution is 1.96. The molecule has 4 heteroatoms. The Morgan fingerprint density at radius 2 is 2.71 bits per heavy atom. The Balaban J connectivity index is 2.76. The molecule has 1 aromatic rings. The monoisotopic (exact) mass is 96.0 g/mol. The summed E-state index contributed by atoms with van der Waals surface area (Å²) in [5.41, 5.74) is 0. The van der Waals surface area contributed by atoms with Crippen molar-refractivity contribution < 1.29 is 4.52 Å². The summed E-state index contributed by atoms with van der Waals surface area (Å²) in [4.78, 5) is 0. The molecule has 0 amide bonds. The first-order valence-corrected chi connectivity index (χ1v) is 2.01. The maximum atomic E-state index is 4.49. The summed E-state index contributed by atoms with van der Waals surface area (Å²) in [6.45, 7) is 0. The van der Waals surface area contributed by atoms with Crippen LogP contribution < -0.4 is 5.23 Å². The number of nitrogens with zero attached hydrogens (tertiary/aromatic N) is 1. The molecule has 0 aromatic carbocycles. The van der Waals surface area contributed by atoms with E-state index in [1.165, 1.54) is 6.26 Å². The van der Waals surface area contributed by atoms with E-state index in [1.807, 2.05) is 0 Å². The minimum absolute atomic E-state index is 0.764. The van der Waals surface area contributed by atoms with Gasteiger partial charge in [-0.1, -0.05) is 5.16 Å². The van der Waals surface area contributed by atoms with E-state index in [0.717, 1.165) is 5.82 Å². The van der Waals surface area contributed by atoms with Gasteiger partial charge in [0.1, 0.15) is 6.26 Å². The molecule has 0 atom stereocenters. The van der Waals surface area contributed by atoms with Crippen molar-refractivity contribution in [3.05, 3.63) is 12.3 Å². The highest BCUT2D eigenvalue weighted by Gasteiger charge is 1.84. The third-order valence-electron chi connectivity index (χ3n) is 0.694. The fourth-order valence-corrected chi connectivity index (χ4v) is 0.341. The molecule has 0 aliphatic carbocycles. The Morgan fingerprint density at radius 1 is 1.86 bits per heavy atom. The van der Waals surface area contributed by atoms with Gasteiger partial charge in [-0.05, 0) is 0 Å². The quantitative estimate of drug-likeness (QED) is 0.485. The molecule has 3 nitrogen and oxygen atoms in total. The van der Waals surface area contributed by atoms with E-state index >= 15 is 0 Å². The average Bonchev–Trinajstić information content (AvgIpc) is 2.14. The van der Waals surface area contributed by atoms with Gasteiger partial charge in [-0.3, -0.25) is 0 Å². The van der Waals surface area contributed by atoms with Crippen molar-refractivity contribution in [2.24, 2.45) is 0 Å². The van der Waals surface area contributed by atoms with Crippen molar-refractivity contribution in [2.75, 3.05) is 5.23 Å². The first-order valence-electron chi connectivity index (χ1n) is 2.01. The smallest absolute Gasteiger partial charge is 0.216 e. The van der Waals surface area contributed by atoms with Crippen LogP contribution in [0.15, 0.2) is 16.9 Å². The zero-order chi connectivity index (χ0) is 5.11. The summed E-state index contributed by atoms with van der Waals surface area (Å²) >= 11 is 0. The molecule has 0 radical (unpaired) electrons. The predicted octanol–water partition coefficient (Wildman–Crippen LogP) is -0.365. The molecule has 0 aliphatic heterocycles. The molecular weight excluding hydrogens is 90.9 g/mol. The molecule has 0 bridgehead atoms. The molecular formula is C3H5BN2O. The van der Waals surface area contributed by atoms with Gasteiger partial charge in [-0.15, -0.1) is 0 Å². The fraction of sp³-hybridized carbons (Fsp3) is 0. The molecule has 0 aliphatic rings. The zero-order valence-electron chi connectivity index (χ0n) is 4.01. The molecule has 0 saturated carbocycles. The molecule has 0 saturated heterocycles. The van der Waals surface area contributed by atoms with E-state index in [4.69, 9.17) is 0 Å². The second-order valence-corrected chi connectivity index (χ2v) is 1.13. The molecule has 36 valence electrons. The summed E-state index contributed by atoms with van der Waals surface area (Å²) in [5.74, 6) is 0.764. The lowest BCUT2D eigenvalue weighted by Crippen LogP contribution is -1.87. The second kappa shape index (κ2) is 1.68. The van der Waals surface area contributed by atoms with Crippen LogP contribution in [-0.2, 0) is 0 Å². The van der Waals surface area contributed by atoms with E-state index < -0.39 is 0 Å². The van der Waals surface area contributed by atoms with Gasteiger partial charge in [0, 0.05) is 6.07 Å². The Morgan fingerprint density at radius 3 is 3.00 bits per heavy atom. The minimum atomic E-state index is 0.764. The Bertz CT molecular complexity index is 127. The van der Waals surface area contributed by atoms with Gasteiger partial charge in [0.2, 0.25) is 7.98 Å². The van der Waals surface area contributed by atoms with Gasteiger partial charge in [-0.2, -0.15) is 0 Å². The van der Waals surface area contributed by atoms with Gasteiger partial charge in [0.15, 0.2) is 5.82 Å². The van der Waals surface area contributed by atoms with E-state index in [1.54, 1.807) is 14.0 Å². The van der Waals surface area contributed by atoms with Crippen LogP contribution in [0.25, 0.3) is 0 Å². The van der Waals surface area contributed by atoms with Gasteiger partial charge in [-0.25, -0.2) is 0 Å². The van der Waals surface area contributed by atoms with Crippen LogP contribution in [0.4, 0.5) is 5.82 Å². The summed E-state index contributed by atoms with van der Waals surface area (Å²) in [6.07, 6.45) is 1.52. The highest BCUT2D eigenvalue weighted by molar-refractivity contribution is 6.15. The van der Waals surface area contributed by atoms with Crippen LogP contribution in [0.2, 0.25) is 0 Å². The van der Waals surface area contributed by atoms with Crippen molar-refractivity contribution in [3.8, 4) is 0 Å². The highest BCUT2D eigenvalue weighted by atomic mass is 16.5. The minimum Gasteiger partial charge on any atom is -0.417 e. The van der Waals surface area contributed by atoms with Gasteiger partial charge < -0.3 is 9.75 Å². The maximum absolute atomic E-state index is 4.49. The van der Waals surface area contributed by atoms with Crippen LogP contribution in [0, 0.1) is 0 Å². The Kier molecular flexibility index (Phi) is 1.02. The van der Waals surface area contributed by atoms with Crippen molar-refractivity contribution in [1.82, 2.24) is 5.16 Å². The molecule has 0 fully saturated rings. The van der Waals surface area contributed by atoms with E-state index in [0.29, 0.717) is 0 Å². The van der Waals surface area contributed by atoms with Gasteiger partial charge in [0.05, 0.1) is 0 Å². The van der Waals surface area contributed by atoms with E-state index in [-0.39, 0.29) is 0 Å². The third kappa shape index (κ3) is 0.736. The summed E-state index contributed by atoms with van der Waals surface area (Å²) < 4.78 is 4.49. The van der Waals surface area contributed by atoms with Crippen molar-refractivity contribution in [3.63, 3.8) is 0 Å². The van der Waals surface area contributed by atoms with Crippen LogP contribution in [0.1, 0.15) is 0 Å². The molecule has 0 unspecified atom stereocenters. The molecule has 1 N–H and O–H groups in total. The largest absolute Gasteiger partial charge is 0.417 e.